The molecule has 0 heterocycles. The predicted octanol–water partition coefficient (Wildman–Crippen LogP) is -1.28. The zero-order valence-corrected chi connectivity index (χ0v) is 15.1. The van der Waals surface area contributed by atoms with E-state index in [2.05, 4.69) is 23.3 Å². The Labute approximate surface area is 160 Å². The van der Waals surface area contributed by atoms with Crippen molar-refractivity contribution in [3.63, 3.8) is 0 Å². The SMILES string of the molecule is NC(CS)C(=O)NC(Cc1ccc(O)cc1)C(=O)NC(CC(=O)O)C(=O)O. The van der Waals surface area contributed by atoms with Gasteiger partial charge in [0.15, 0.2) is 0 Å². The minimum Gasteiger partial charge on any atom is -0.508 e. The van der Waals surface area contributed by atoms with Crippen LogP contribution in [0.15, 0.2) is 24.3 Å². The van der Waals surface area contributed by atoms with Crippen molar-refractivity contribution in [1.82, 2.24) is 10.6 Å². The van der Waals surface area contributed by atoms with Crippen LogP contribution in [-0.2, 0) is 25.6 Å². The van der Waals surface area contributed by atoms with Crippen LogP contribution in [0, 0.1) is 0 Å². The van der Waals surface area contributed by atoms with Gasteiger partial charge in [0, 0.05) is 12.2 Å². The number of benzene rings is 1. The average molecular weight is 399 g/mol. The molecule has 148 valence electrons. The van der Waals surface area contributed by atoms with Crippen molar-refractivity contribution >= 4 is 36.4 Å². The number of phenols is 1. The van der Waals surface area contributed by atoms with Gasteiger partial charge in [0.1, 0.15) is 17.8 Å². The lowest BCUT2D eigenvalue weighted by atomic mass is 10.0. The maximum Gasteiger partial charge on any atom is 0.326 e. The highest BCUT2D eigenvalue weighted by Crippen LogP contribution is 2.12. The molecule has 11 heteroatoms. The third-order valence-electron chi connectivity index (χ3n) is 3.54. The molecule has 0 aliphatic heterocycles. The van der Waals surface area contributed by atoms with Crippen molar-refractivity contribution in [3.05, 3.63) is 29.8 Å². The summed E-state index contributed by atoms with van der Waals surface area (Å²) in [7, 11) is 0. The van der Waals surface area contributed by atoms with Gasteiger partial charge in [-0.1, -0.05) is 12.1 Å². The Hall–Kier alpha value is -2.79. The van der Waals surface area contributed by atoms with E-state index in [9.17, 15) is 24.3 Å². The summed E-state index contributed by atoms with van der Waals surface area (Å²) < 4.78 is 0. The molecule has 1 rings (SSSR count). The molecule has 0 fully saturated rings. The predicted molar refractivity (Wildman–Crippen MR) is 97.4 cm³/mol. The Morgan fingerprint density at radius 1 is 1.00 bits per heavy atom. The number of aromatic hydroxyl groups is 1. The fraction of sp³-hybridized carbons (Fsp3) is 0.375. The van der Waals surface area contributed by atoms with E-state index >= 15 is 0 Å². The van der Waals surface area contributed by atoms with Gasteiger partial charge >= 0.3 is 11.9 Å². The molecule has 0 saturated carbocycles. The third kappa shape index (κ3) is 7.54. The van der Waals surface area contributed by atoms with Crippen molar-refractivity contribution in [1.29, 1.82) is 0 Å². The highest BCUT2D eigenvalue weighted by atomic mass is 32.1. The lowest BCUT2D eigenvalue weighted by Crippen LogP contribution is -2.55. The monoisotopic (exact) mass is 399 g/mol. The van der Waals surface area contributed by atoms with Crippen molar-refractivity contribution in [2.75, 3.05) is 5.75 Å². The number of aliphatic carboxylic acids is 2. The van der Waals surface area contributed by atoms with Gasteiger partial charge in [-0.25, -0.2) is 4.79 Å². The van der Waals surface area contributed by atoms with E-state index < -0.39 is 48.3 Å². The van der Waals surface area contributed by atoms with E-state index in [4.69, 9.17) is 15.9 Å². The number of amides is 2. The fourth-order valence-electron chi connectivity index (χ4n) is 2.09. The van der Waals surface area contributed by atoms with Gasteiger partial charge in [0.05, 0.1) is 12.5 Å². The molecule has 0 aromatic heterocycles. The second-order valence-corrected chi connectivity index (χ2v) is 6.08. The van der Waals surface area contributed by atoms with Gasteiger partial charge < -0.3 is 31.7 Å². The van der Waals surface area contributed by atoms with Crippen molar-refractivity contribution < 1.29 is 34.5 Å². The third-order valence-corrected chi connectivity index (χ3v) is 3.93. The summed E-state index contributed by atoms with van der Waals surface area (Å²) in [6.07, 6.45) is -0.854. The molecule has 0 aliphatic carbocycles. The minimum absolute atomic E-state index is 0.00767. The molecular weight excluding hydrogens is 378 g/mol. The number of rotatable bonds is 10. The number of carbonyl (C=O) groups excluding carboxylic acids is 2. The van der Waals surface area contributed by atoms with Crippen molar-refractivity contribution in [3.8, 4) is 5.75 Å². The summed E-state index contributed by atoms with van der Waals surface area (Å²) in [4.78, 5) is 46.4. The number of carboxylic acids is 2. The van der Waals surface area contributed by atoms with E-state index in [1.54, 1.807) is 0 Å². The lowest BCUT2D eigenvalue weighted by molar-refractivity contribution is -0.147. The largest absolute Gasteiger partial charge is 0.508 e. The number of phenolic OH excluding ortho intramolecular Hbond substituents is 1. The smallest absolute Gasteiger partial charge is 0.326 e. The molecule has 2 amide bonds. The molecular formula is C16H21N3O7S. The van der Waals surface area contributed by atoms with Gasteiger partial charge in [-0.05, 0) is 17.7 Å². The summed E-state index contributed by atoms with van der Waals surface area (Å²) >= 11 is 3.90. The Bertz CT molecular complexity index is 696. The zero-order chi connectivity index (χ0) is 20.6. The quantitative estimate of drug-likeness (QED) is 0.238. The Balaban J connectivity index is 2.97. The number of hydrogen-bond donors (Lipinski definition) is 7. The lowest BCUT2D eigenvalue weighted by Gasteiger charge is -2.22. The second kappa shape index (κ2) is 10.4. The first-order valence-corrected chi connectivity index (χ1v) is 8.47. The summed E-state index contributed by atoms with van der Waals surface area (Å²) in [5, 5.41) is 31.6. The Morgan fingerprint density at radius 3 is 2.04 bits per heavy atom. The van der Waals surface area contributed by atoms with Crippen LogP contribution in [-0.4, -0.2) is 63.0 Å². The highest BCUT2D eigenvalue weighted by molar-refractivity contribution is 7.80. The number of nitrogens with one attached hydrogen (secondary N) is 2. The number of carbonyl (C=O) groups is 4. The standard InChI is InChI=1S/C16H21N3O7S/c17-10(7-27)14(23)18-11(5-8-1-3-9(20)4-2-8)15(24)19-12(16(25)26)6-13(21)22/h1-4,10-12,20,27H,5-7,17H2,(H,18,23)(H,19,24)(H,21,22)(H,25,26). The van der Waals surface area contributed by atoms with Crippen LogP contribution in [0.2, 0.25) is 0 Å². The van der Waals surface area contributed by atoms with Crippen LogP contribution in [0.4, 0.5) is 0 Å². The first-order valence-electron chi connectivity index (χ1n) is 7.83. The van der Waals surface area contributed by atoms with Crippen LogP contribution in [0.3, 0.4) is 0 Å². The summed E-state index contributed by atoms with van der Waals surface area (Å²) in [5.41, 5.74) is 6.14. The molecule has 27 heavy (non-hydrogen) atoms. The van der Waals surface area contributed by atoms with E-state index in [0.29, 0.717) is 5.56 Å². The first kappa shape index (κ1) is 22.3. The Kier molecular flexibility index (Phi) is 8.56. The van der Waals surface area contributed by atoms with Crippen molar-refractivity contribution in [2.24, 2.45) is 5.73 Å². The molecule has 0 radical (unpaired) electrons. The van der Waals surface area contributed by atoms with Gasteiger partial charge in [0.25, 0.3) is 0 Å². The van der Waals surface area contributed by atoms with Gasteiger partial charge in [-0.2, -0.15) is 12.6 Å². The van der Waals surface area contributed by atoms with Crippen molar-refractivity contribution in [2.45, 2.75) is 31.0 Å². The molecule has 3 atom stereocenters. The van der Waals surface area contributed by atoms with Crippen LogP contribution in [0.25, 0.3) is 0 Å². The van der Waals surface area contributed by atoms with Gasteiger partial charge in [-0.15, -0.1) is 0 Å². The van der Waals surface area contributed by atoms with Crippen LogP contribution in [0.5, 0.6) is 5.75 Å². The molecule has 1 aromatic rings. The van der Waals surface area contributed by atoms with E-state index in [-0.39, 0.29) is 17.9 Å². The molecule has 0 aliphatic rings. The zero-order valence-electron chi connectivity index (χ0n) is 14.2. The fourth-order valence-corrected chi connectivity index (χ4v) is 2.25. The maximum atomic E-state index is 12.5. The van der Waals surface area contributed by atoms with Crippen LogP contribution < -0.4 is 16.4 Å². The molecule has 1 aromatic carbocycles. The normalized spacial score (nSPS) is 13.9. The van der Waals surface area contributed by atoms with E-state index in [1.807, 2.05) is 0 Å². The average Bonchev–Trinajstić information content (AvgIpc) is 2.60. The topological polar surface area (TPSA) is 179 Å². The van der Waals surface area contributed by atoms with E-state index in [1.165, 1.54) is 24.3 Å². The molecule has 0 spiro atoms. The molecule has 3 unspecified atom stereocenters. The van der Waals surface area contributed by atoms with Crippen LogP contribution >= 0.6 is 12.6 Å². The number of thiol groups is 1. The summed E-state index contributed by atoms with van der Waals surface area (Å²) in [6.45, 7) is 0. The molecule has 0 saturated heterocycles. The van der Waals surface area contributed by atoms with Gasteiger partial charge in [0.2, 0.25) is 11.8 Å². The number of carboxylic acid groups (broad SMARTS) is 2. The maximum absolute atomic E-state index is 12.5. The molecule has 7 N–H and O–H groups in total. The highest BCUT2D eigenvalue weighted by Gasteiger charge is 2.29. The van der Waals surface area contributed by atoms with Crippen LogP contribution in [0.1, 0.15) is 12.0 Å². The second-order valence-electron chi connectivity index (χ2n) is 5.72. The molecule has 10 nitrogen and oxygen atoms in total. The number of nitrogens with two attached hydrogens (primary N) is 1. The minimum atomic E-state index is -1.66. The molecule has 0 bridgehead atoms. The van der Waals surface area contributed by atoms with Gasteiger partial charge in [-0.3, -0.25) is 14.4 Å². The Morgan fingerprint density at radius 2 is 1.56 bits per heavy atom. The first-order chi connectivity index (χ1) is 12.6. The number of hydrogen-bond acceptors (Lipinski definition) is 7. The van der Waals surface area contributed by atoms with E-state index in [0.717, 1.165) is 0 Å². The summed E-state index contributed by atoms with van der Waals surface area (Å²) in [6, 6.07) is 1.96. The summed E-state index contributed by atoms with van der Waals surface area (Å²) in [5.74, 6) is -4.44.